The minimum absolute atomic E-state index is 0.211. The van der Waals surface area contributed by atoms with Crippen LogP contribution in [-0.2, 0) is 11.3 Å². The number of carbonyl (C=O) groups excluding carboxylic acids is 1. The number of aliphatic imine (C=N–C) groups is 1. The third-order valence-electron chi connectivity index (χ3n) is 3.59. The average Bonchev–Trinajstić information content (AvgIpc) is 3.17. The fourth-order valence-electron chi connectivity index (χ4n) is 2.60. The Labute approximate surface area is 112 Å². The molecule has 19 heavy (non-hydrogen) atoms. The monoisotopic (exact) mass is 259 g/mol. The van der Waals surface area contributed by atoms with E-state index in [0.717, 1.165) is 24.0 Å². The van der Waals surface area contributed by atoms with Crippen LogP contribution in [0.1, 0.15) is 30.0 Å². The number of methoxy groups -OCH3 is 1. The van der Waals surface area contributed by atoms with Crippen molar-refractivity contribution in [2.75, 3.05) is 7.11 Å². The molecular formula is C14H17N3O2. The van der Waals surface area contributed by atoms with Gasteiger partial charge < -0.3 is 15.4 Å². The summed E-state index contributed by atoms with van der Waals surface area (Å²) in [6, 6.07) is 7.76. The normalized spacial score (nSPS) is 22.8. The third kappa shape index (κ3) is 2.10. The molecule has 0 bridgehead atoms. The average molecular weight is 259 g/mol. The van der Waals surface area contributed by atoms with Crippen molar-refractivity contribution in [3.05, 3.63) is 35.4 Å². The van der Waals surface area contributed by atoms with Crippen molar-refractivity contribution in [2.24, 2.45) is 10.7 Å². The van der Waals surface area contributed by atoms with Crippen LogP contribution in [0.4, 0.5) is 4.79 Å². The van der Waals surface area contributed by atoms with Crippen LogP contribution in [-0.4, -0.2) is 29.9 Å². The van der Waals surface area contributed by atoms with E-state index >= 15 is 0 Å². The van der Waals surface area contributed by atoms with E-state index < -0.39 is 0 Å². The lowest BCUT2D eigenvalue weighted by Crippen LogP contribution is -2.35. The highest BCUT2D eigenvalue weighted by atomic mass is 16.5. The van der Waals surface area contributed by atoms with Crippen molar-refractivity contribution < 1.29 is 9.53 Å². The number of carbonyl (C=O) groups is 1. The predicted molar refractivity (Wildman–Crippen MR) is 71.8 cm³/mol. The molecule has 2 amide bonds. The Hall–Kier alpha value is -1.88. The van der Waals surface area contributed by atoms with Crippen LogP contribution >= 0.6 is 0 Å². The third-order valence-corrected chi connectivity index (χ3v) is 3.59. The summed E-state index contributed by atoms with van der Waals surface area (Å²) in [5.74, 6) is 0.389. The first-order valence-corrected chi connectivity index (χ1v) is 6.45. The van der Waals surface area contributed by atoms with Gasteiger partial charge in [-0.25, -0.2) is 4.79 Å². The van der Waals surface area contributed by atoms with Gasteiger partial charge in [0.1, 0.15) is 11.9 Å². The van der Waals surface area contributed by atoms with E-state index in [-0.39, 0.29) is 18.1 Å². The molecule has 1 heterocycles. The standard InChI is InChI=1S/C14H17N3O2/c1-19-8-9-4-2-3-5-11(9)12-13(15)16-14(18)17(12)10-6-7-10/h2-5,10,12H,6-8H2,1H3,(H2,15,16,18). The molecule has 3 rings (SSSR count). The summed E-state index contributed by atoms with van der Waals surface area (Å²) < 4.78 is 5.22. The van der Waals surface area contributed by atoms with E-state index in [0.29, 0.717) is 12.4 Å². The Balaban J connectivity index is 1.99. The van der Waals surface area contributed by atoms with Crippen LogP contribution in [0.5, 0.6) is 0 Å². The van der Waals surface area contributed by atoms with Gasteiger partial charge in [0.2, 0.25) is 0 Å². The lowest BCUT2D eigenvalue weighted by atomic mass is 9.99. The Morgan fingerprint density at radius 3 is 2.84 bits per heavy atom. The first kappa shape index (κ1) is 12.2. The molecule has 0 saturated heterocycles. The van der Waals surface area contributed by atoms with Gasteiger partial charge in [0.25, 0.3) is 0 Å². The van der Waals surface area contributed by atoms with Gasteiger partial charge in [-0.3, -0.25) is 0 Å². The van der Waals surface area contributed by atoms with Gasteiger partial charge >= 0.3 is 6.03 Å². The van der Waals surface area contributed by atoms with Gasteiger partial charge in [0.05, 0.1) is 6.61 Å². The van der Waals surface area contributed by atoms with Crippen molar-refractivity contribution >= 4 is 11.9 Å². The second-order valence-corrected chi connectivity index (χ2v) is 4.99. The molecule has 1 fully saturated rings. The van der Waals surface area contributed by atoms with E-state index in [2.05, 4.69) is 4.99 Å². The number of rotatable bonds is 4. The molecule has 1 aliphatic carbocycles. The summed E-state index contributed by atoms with van der Waals surface area (Å²) in [4.78, 5) is 17.7. The zero-order chi connectivity index (χ0) is 13.4. The number of nitrogens with two attached hydrogens (primary N) is 1. The van der Waals surface area contributed by atoms with Gasteiger partial charge in [-0.05, 0) is 24.0 Å². The Morgan fingerprint density at radius 2 is 2.16 bits per heavy atom. The molecule has 2 N–H and O–H groups in total. The molecule has 5 nitrogen and oxygen atoms in total. The van der Waals surface area contributed by atoms with Crippen LogP contribution in [0.2, 0.25) is 0 Å². The number of amides is 2. The SMILES string of the molecule is COCc1ccccc1C1C(N)=NC(=O)N1C1CC1. The topological polar surface area (TPSA) is 67.9 Å². The summed E-state index contributed by atoms with van der Waals surface area (Å²) in [7, 11) is 1.66. The highest BCUT2D eigenvalue weighted by Gasteiger charge is 2.44. The van der Waals surface area contributed by atoms with Crippen LogP contribution in [0.3, 0.4) is 0 Å². The number of urea groups is 1. The van der Waals surface area contributed by atoms with Gasteiger partial charge in [-0.2, -0.15) is 4.99 Å². The zero-order valence-electron chi connectivity index (χ0n) is 10.9. The largest absolute Gasteiger partial charge is 0.385 e. The van der Waals surface area contributed by atoms with E-state index in [1.807, 2.05) is 29.2 Å². The predicted octanol–water partition coefficient (Wildman–Crippen LogP) is 1.83. The number of hydrogen-bond donors (Lipinski definition) is 1. The lowest BCUT2D eigenvalue weighted by Gasteiger charge is -2.26. The quantitative estimate of drug-likeness (QED) is 0.897. The van der Waals surface area contributed by atoms with E-state index in [1.54, 1.807) is 7.11 Å². The number of nitrogens with zero attached hydrogens (tertiary/aromatic N) is 2. The number of hydrogen-bond acceptors (Lipinski definition) is 3. The van der Waals surface area contributed by atoms with E-state index in [9.17, 15) is 4.79 Å². The Morgan fingerprint density at radius 1 is 1.42 bits per heavy atom. The summed E-state index contributed by atoms with van der Waals surface area (Å²) >= 11 is 0. The fraction of sp³-hybridized carbons (Fsp3) is 0.429. The Kier molecular flexibility index (Phi) is 2.98. The summed E-state index contributed by atoms with van der Waals surface area (Å²) in [6.07, 6.45) is 2.08. The van der Waals surface area contributed by atoms with Gasteiger partial charge in [-0.1, -0.05) is 24.3 Å². The first-order chi connectivity index (χ1) is 9.22. The van der Waals surface area contributed by atoms with E-state index in [4.69, 9.17) is 10.5 Å². The molecule has 0 spiro atoms. The minimum atomic E-state index is -0.230. The van der Waals surface area contributed by atoms with Gasteiger partial charge in [-0.15, -0.1) is 0 Å². The second-order valence-electron chi connectivity index (χ2n) is 4.99. The minimum Gasteiger partial charge on any atom is -0.385 e. The summed E-state index contributed by atoms with van der Waals surface area (Å²) in [6.45, 7) is 0.507. The lowest BCUT2D eigenvalue weighted by molar-refractivity contribution is 0.181. The molecule has 1 aromatic carbocycles. The van der Waals surface area contributed by atoms with Gasteiger partial charge in [0.15, 0.2) is 0 Å². The molecule has 100 valence electrons. The van der Waals surface area contributed by atoms with Crippen molar-refractivity contribution in [3.8, 4) is 0 Å². The number of amidine groups is 1. The van der Waals surface area contributed by atoms with Crippen LogP contribution in [0, 0.1) is 0 Å². The summed E-state index contributed by atoms with van der Waals surface area (Å²) in [5.41, 5.74) is 8.04. The van der Waals surface area contributed by atoms with Crippen LogP contribution in [0.15, 0.2) is 29.3 Å². The maximum Gasteiger partial charge on any atom is 0.346 e. The molecule has 1 aliphatic heterocycles. The van der Waals surface area contributed by atoms with Crippen LogP contribution in [0.25, 0.3) is 0 Å². The van der Waals surface area contributed by atoms with Crippen molar-refractivity contribution in [3.63, 3.8) is 0 Å². The highest BCUT2D eigenvalue weighted by molar-refractivity contribution is 6.03. The van der Waals surface area contributed by atoms with E-state index in [1.165, 1.54) is 0 Å². The van der Waals surface area contributed by atoms with Gasteiger partial charge in [0, 0.05) is 13.2 Å². The molecule has 1 saturated carbocycles. The van der Waals surface area contributed by atoms with Crippen molar-refractivity contribution in [2.45, 2.75) is 31.5 Å². The number of benzene rings is 1. The highest BCUT2D eigenvalue weighted by Crippen LogP contribution is 2.39. The number of ether oxygens (including phenoxy) is 1. The van der Waals surface area contributed by atoms with Crippen molar-refractivity contribution in [1.29, 1.82) is 0 Å². The van der Waals surface area contributed by atoms with Crippen molar-refractivity contribution in [1.82, 2.24) is 4.90 Å². The maximum absolute atomic E-state index is 11.9. The maximum atomic E-state index is 11.9. The molecule has 1 unspecified atom stereocenters. The second kappa shape index (κ2) is 4.66. The first-order valence-electron chi connectivity index (χ1n) is 6.45. The smallest absolute Gasteiger partial charge is 0.346 e. The molecule has 1 aromatic rings. The molecule has 5 heteroatoms. The molecule has 0 radical (unpaired) electrons. The molecule has 1 atom stereocenters. The van der Waals surface area contributed by atoms with Crippen LogP contribution < -0.4 is 5.73 Å². The Bertz CT molecular complexity index is 537. The fourth-order valence-corrected chi connectivity index (χ4v) is 2.60. The zero-order valence-corrected chi connectivity index (χ0v) is 10.9. The molecule has 0 aromatic heterocycles. The molecular weight excluding hydrogens is 242 g/mol. The summed E-state index contributed by atoms with van der Waals surface area (Å²) in [5, 5.41) is 0. The molecule has 2 aliphatic rings.